The van der Waals surface area contributed by atoms with E-state index in [1.54, 1.807) is 18.0 Å². The van der Waals surface area contributed by atoms with Crippen LogP contribution in [-0.2, 0) is 16.1 Å². The van der Waals surface area contributed by atoms with Gasteiger partial charge in [0.05, 0.1) is 12.1 Å². The molecule has 1 heterocycles. The first kappa shape index (κ1) is 14.3. The predicted molar refractivity (Wildman–Crippen MR) is 68.6 cm³/mol. The second kappa shape index (κ2) is 5.69. The Morgan fingerprint density at radius 2 is 2.12 bits per heavy atom. The maximum atomic E-state index is 11.7. The van der Waals surface area contributed by atoms with Crippen LogP contribution in [0.1, 0.15) is 26.5 Å². The summed E-state index contributed by atoms with van der Waals surface area (Å²) in [6, 6.07) is 3.64. The van der Waals surface area contributed by atoms with Crippen LogP contribution in [0.4, 0.5) is 0 Å². The van der Waals surface area contributed by atoms with Crippen molar-refractivity contribution < 1.29 is 13.9 Å². The van der Waals surface area contributed by atoms with Crippen molar-refractivity contribution in [2.75, 3.05) is 13.7 Å². The summed E-state index contributed by atoms with van der Waals surface area (Å²) < 4.78 is 11.4. The average molecular weight is 304 g/mol. The summed E-state index contributed by atoms with van der Waals surface area (Å²) in [5, 5.41) is 0. The molecule has 1 aromatic rings. The predicted octanol–water partition coefficient (Wildman–Crippen LogP) is 2.82. The van der Waals surface area contributed by atoms with E-state index < -0.39 is 0 Å². The largest absolute Gasteiger partial charge is 0.452 e. The fourth-order valence-electron chi connectivity index (χ4n) is 1.15. The fourth-order valence-corrected chi connectivity index (χ4v) is 1.49. The third-order valence-corrected chi connectivity index (χ3v) is 2.50. The molecule has 0 aliphatic carbocycles. The molecule has 0 spiro atoms. The van der Waals surface area contributed by atoms with Crippen LogP contribution >= 0.6 is 15.9 Å². The summed E-state index contributed by atoms with van der Waals surface area (Å²) >= 11 is 3.22. The van der Waals surface area contributed by atoms with Crippen LogP contribution in [0.5, 0.6) is 0 Å². The summed E-state index contributed by atoms with van der Waals surface area (Å²) in [4.78, 5) is 13.3. The molecule has 0 N–H and O–H groups in total. The van der Waals surface area contributed by atoms with Crippen LogP contribution in [0.2, 0.25) is 0 Å². The highest BCUT2D eigenvalue weighted by molar-refractivity contribution is 9.10. The van der Waals surface area contributed by atoms with Gasteiger partial charge in [-0.1, -0.05) is 0 Å². The lowest BCUT2D eigenvalue weighted by atomic mass is 10.2. The summed E-state index contributed by atoms with van der Waals surface area (Å²) in [5.41, 5.74) is -0.301. The molecule has 0 atom stereocenters. The lowest BCUT2D eigenvalue weighted by molar-refractivity contribution is -0.140. The number of carbonyl (C=O) groups is 1. The van der Waals surface area contributed by atoms with E-state index in [1.165, 1.54) is 0 Å². The first-order valence-electron chi connectivity index (χ1n) is 5.40. The van der Waals surface area contributed by atoms with Crippen LogP contribution in [0.25, 0.3) is 0 Å². The first-order chi connectivity index (χ1) is 7.78. The summed E-state index contributed by atoms with van der Waals surface area (Å²) in [7, 11) is 1.73. The molecule has 17 heavy (non-hydrogen) atoms. The average Bonchev–Trinajstić information content (AvgIpc) is 2.59. The minimum atomic E-state index is -0.301. The summed E-state index contributed by atoms with van der Waals surface area (Å²) in [6.45, 7) is 6.29. The van der Waals surface area contributed by atoms with Crippen molar-refractivity contribution in [1.82, 2.24) is 4.90 Å². The monoisotopic (exact) mass is 303 g/mol. The van der Waals surface area contributed by atoms with E-state index in [0.717, 1.165) is 5.76 Å². The van der Waals surface area contributed by atoms with Crippen LogP contribution in [0.15, 0.2) is 21.2 Å². The molecule has 0 bridgehead atoms. The van der Waals surface area contributed by atoms with Crippen molar-refractivity contribution in [3.05, 3.63) is 22.6 Å². The molecule has 0 aliphatic rings. The Morgan fingerprint density at radius 3 is 2.59 bits per heavy atom. The summed E-state index contributed by atoms with van der Waals surface area (Å²) in [5.74, 6) is 0.677. The number of amides is 1. The maximum Gasteiger partial charge on any atom is 0.248 e. The Labute approximate surface area is 110 Å². The van der Waals surface area contributed by atoms with Crippen molar-refractivity contribution in [2.24, 2.45) is 0 Å². The van der Waals surface area contributed by atoms with Gasteiger partial charge in [-0.15, -0.1) is 0 Å². The number of likely N-dealkylation sites (N-methyl/N-ethyl adjacent to an activating group) is 1. The van der Waals surface area contributed by atoms with E-state index in [2.05, 4.69) is 15.9 Å². The molecule has 0 radical (unpaired) electrons. The maximum absolute atomic E-state index is 11.7. The van der Waals surface area contributed by atoms with Gasteiger partial charge in [0, 0.05) is 7.05 Å². The molecule has 1 aromatic heterocycles. The van der Waals surface area contributed by atoms with Crippen molar-refractivity contribution in [1.29, 1.82) is 0 Å². The van der Waals surface area contributed by atoms with Gasteiger partial charge in [-0.3, -0.25) is 4.79 Å². The van der Waals surface area contributed by atoms with Gasteiger partial charge in [0.25, 0.3) is 0 Å². The zero-order valence-corrected chi connectivity index (χ0v) is 12.2. The first-order valence-corrected chi connectivity index (χ1v) is 6.19. The third-order valence-electron chi connectivity index (χ3n) is 2.08. The number of ether oxygens (including phenoxy) is 1. The van der Waals surface area contributed by atoms with Crippen molar-refractivity contribution in [3.8, 4) is 0 Å². The van der Waals surface area contributed by atoms with Crippen LogP contribution in [0, 0.1) is 0 Å². The van der Waals surface area contributed by atoms with E-state index in [-0.39, 0.29) is 18.1 Å². The minimum absolute atomic E-state index is 0.0625. The zero-order valence-electron chi connectivity index (χ0n) is 10.6. The Morgan fingerprint density at radius 1 is 1.47 bits per heavy atom. The highest BCUT2D eigenvalue weighted by Gasteiger charge is 2.16. The van der Waals surface area contributed by atoms with Crippen LogP contribution < -0.4 is 0 Å². The van der Waals surface area contributed by atoms with Crippen molar-refractivity contribution in [3.63, 3.8) is 0 Å². The third kappa shape index (κ3) is 5.37. The second-order valence-electron chi connectivity index (χ2n) is 4.86. The van der Waals surface area contributed by atoms with Crippen LogP contribution in [-0.4, -0.2) is 30.1 Å². The number of carbonyl (C=O) groups excluding carboxylic acids is 1. The van der Waals surface area contributed by atoms with E-state index in [4.69, 9.17) is 9.15 Å². The van der Waals surface area contributed by atoms with Gasteiger partial charge < -0.3 is 14.1 Å². The SMILES string of the molecule is CN(Cc1ccc(Br)o1)C(=O)COC(C)(C)C. The Bertz CT molecular complexity index is 381. The molecule has 0 saturated heterocycles. The van der Waals surface area contributed by atoms with Gasteiger partial charge in [0.2, 0.25) is 5.91 Å². The molecule has 1 amide bonds. The number of nitrogens with zero attached hydrogens (tertiary/aromatic N) is 1. The van der Waals surface area contributed by atoms with Crippen molar-refractivity contribution in [2.45, 2.75) is 32.9 Å². The second-order valence-corrected chi connectivity index (χ2v) is 5.64. The minimum Gasteiger partial charge on any atom is -0.452 e. The molecule has 5 heteroatoms. The van der Waals surface area contributed by atoms with E-state index in [0.29, 0.717) is 11.2 Å². The molecule has 0 aliphatic heterocycles. The number of hydrogen-bond donors (Lipinski definition) is 0. The normalized spacial score (nSPS) is 11.6. The van der Waals surface area contributed by atoms with E-state index >= 15 is 0 Å². The number of rotatable bonds is 4. The standard InChI is InChI=1S/C12H18BrNO3/c1-12(2,3)16-8-11(15)14(4)7-9-5-6-10(13)17-9/h5-6H,7-8H2,1-4H3. The Hall–Kier alpha value is -0.810. The molecule has 0 saturated carbocycles. The highest BCUT2D eigenvalue weighted by atomic mass is 79.9. The summed E-state index contributed by atoms with van der Waals surface area (Å²) in [6.07, 6.45) is 0. The zero-order chi connectivity index (χ0) is 13.1. The Balaban J connectivity index is 2.42. The van der Waals surface area contributed by atoms with Gasteiger partial charge in [0.15, 0.2) is 4.67 Å². The van der Waals surface area contributed by atoms with E-state index in [9.17, 15) is 4.79 Å². The van der Waals surface area contributed by atoms with Gasteiger partial charge >= 0.3 is 0 Å². The van der Waals surface area contributed by atoms with Gasteiger partial charge in [-0.05, 0) is 48.8 Å². The number of halogens is 1. The number of hydrogen-bond acceptors (Lipinski definition) is 3. The highest BCUT2D eigenvalue weighted by Crippen LogP contribution is 2.15. The smallest absolute Gasteiger partial charge is 0.248 e. The molecular formula is C12H18BrNO3. The lowest BCUT2D eigenvalue weighted by Crippen LogP contribution is -2.33. The Kier molecular flexibility index (Phi) is 4.77. The van der Waals surface area contributed by atoms with Gasteiger partial charge in [0.1, 0.15) is 12.4 Å². The van der Waals surface area contributed by atoms with Gasteiger partial charge in [-0.25, -0.2) is 0 Å². The molecule has 96 valence electrons. The topological polar surface area (TPSA) is 42.7 Å². The molecule has 4 nitrogen and oxygen atoms in total. The quantitative estimate of drug-likeness (QED) is 0.859. The number of furan rings is 1. The lowest BCUT2D eigenvalue weighted by Gasteiger charge is -2.22. The molecular weight excluding hydrogens is 286 g/mol. The van der Waals surface area contributed by atoms with E-state index in [1.807, 2.05) is 26.8 Å². The van der Waals surface area contributed by atoms with Crippen LogP contribution in [0.3, 0.4) is 0 Å². The fraction of sp³-hybridized carbons (Fsp3) is 0.583. The molecule has 0 unspecified atom stereocenters. The molecule has 0 fully saturated rings. The molecule has 1 rings (SSSR count). The van der Waals surface area contributed by atoms with Crippen molar-refractivity contribution >= 4 is 21.8 Å². The van der Waals surface area contributed by atoms with Gasteiger partial charge in [-0.2, -0.15) is 0 Å². The molecule has 0 aromatic carbocycles.